The molecule has 0 spiro atoms. The fourth-order valence-electron chi connectivity index (χ4n) is 3.94. The number of aryl methyl sites for hydroxylation is 2. The largest absolute Gasteiger partial charge is 0.497 e. The summed E-state index contributed by atoms with van der Waals surface area (Å²) in [6, 6.07) is 12.3. The van der Waals surface area contributed by atoms with Gasteiger partial charge in [-0.15, -0.1) is 0 Å². The predicted octanol–water partition coefficient (Wildman–Crippen LogP) is 4.18. The molecular weight excluding hydrogens is 376 g/mol. The number of hydrogen-bond acceptors (Lipinski definition) is 5. The summed E-state index contributed by atoms with van der Waals surface area (Å²) in [6.45, 7) is 5.25. The summed E-state index contributed by atoms with van der Waals surface area (Å²) in [6.07, 6.45) is 5.15. The number of hydrogen-bond donors (Lipinski definition) is 0. The monoisotopic (exact) mass is 402 g/mol. The van der Waals surface area contributed by atoms with E-state index < -0.39 is 0 Å². The molecule has 0 saturated carbocycles. The molecule has 1 aliphatic heterocycles. The predicted molar refractivity (Wildman–Crippen MR) is 116 cm³/mol. The van der Waals surface area contributed by atoms with Crippen molar-refractivity contribution >= 4 is 5.91 Å². The smallest absolute Gasteiger partial charge is 0.274 e. The molecule has 0 N–H and O–H groups in total. The van der Waals surface area contributed by atoms with Crippen LogP contribution in [-0.2, 0) is 0 Å². The van der Waals surface area contributed by atoms with E-state index in [1.807, 2.05) is 36.9 Å². The number of pyridine rings is 1. The first kappa shape index (κ1) is 20.0. The summed E-state index contributed by atoms with van der Waals surface area (Å²) in [7, 11) is 1.67. The van der Waals surface area contributed by atoms with Crippen molar-refractivity contribution < 1.29 is 9.53 Å². The van der Waals surface area contributed by atoms with Gasteiger partial charge in [-0.3, -0.25) is 14.8 Å². The molecule has 0 radical (unpaired) electrons. The van der Waals surface area contributed by atoms with Crippen LogP contribution in [-0.4, -0.2) is 46.0 Å². The molecule has 154 valence electrons. The molecule has 1 aliphatic rings. The Morgan fingerprint density at radius 2 is 1.93 bits per heavy atom. The number of carbonyl (C=O) groups is 1. The van der Waals surface area contributed by atoms with Crippen LogP contribution in [0.2, 0.25) is 0 Å². The molecule has 3 aromatic rings. The third-order valence-corrected chi connectivity index (χ3v) is 5.50. The van der Waals surface area contributed by atoms with Gasteiger partial charge in [0.25, 0.3) is 5.91 Å². The molecule has 2 aromatic heterocycles. The lowest BCUT2D eigenvalue weighted by Crippen LogP contribution is -2.39. The molecule has 0 aliphatic carbocycles. The average Bonchev–Trinajstić information content (AvgIpc) is 2.79. The van der Waals surface area contributed by atoms with Gasteiger partial charge in [0.15, 0.2) is 0 Å². The molecule has 1 saturated heterocycles. The molecule has 6 heteroatoms. The molecule has 1 aromatic carbocycles. The zero-order valence-electron chi connectivity index (χ0n) is 17.6. The molecule has 1 fully saturated rings. The molecule has 30 heavy (non-hydrogen) atoms. The van der Waals surface area contributed by atoms with E-state index >= 15 is 0 Å². The Balaban J connectivity index is 1.58. The normalized spacial score (nSPS) is 16.4. The van der Waals surface area contributed by atoms with Crippen LogP contribution in [0.25, 0.3) is 11.1 Å². The van der Waals surface area contributed by atoms with Gasteiger partial charge in [-0.05, 0) is 62.1 Å². The number of nitrogens with zero attached hydrogens (tertiary/aromatic N) is 4. The van der Waals surface area contributed by atoms with Gasteiger partial charge in [0, 0.05) is 36.6 Å². The molecule has 0 unspecified atom stereocenters. The Hall–Kier alpha value is -3.28. The first-order chi connectivity index (χ1) is 14.5. The lowest BCUT2D eigenvalue weighted by Gasteiger charge is -2.32. The highest BCUT2D eigenvalue weighted by Gasteiger charge is 2.27. The maximum absolute atomic E-state index is 12.9. The summed E-state index contributed by atoms with van der Waals surface area (Å²) in [5.74, 6) is 0.968. The SMILES string of the molecule is COc1cccc(-c2cc(C)nc([C@@H]3CCCN(C(=O)c4cnc(C)cn4)C3)c2)c1. The molecule has 1 amide bonds. The minimum atomic E-state index is -0.0622. The number of amides is 1. The first-order valence-electron chi connectivity index (χ1n) is 10.2. The molecule has 3 heterocycles. The summed E-state index contributed by atoms with van der Waals surface area (Å²) in [5.41, 5.74) is 5.41. The number of likely N-dealkylation sites (tertiary alicyclic amines) is 1. The van der Waals surface area contributed by atoms with Gasteiger partial charge < -0.3 is 9.64 Å². The second kappa shape index (κ2) is 8.61. The van der Waals surface area contributed by atoms with Crippen molar-refractivity contribution in [3.8, 4) is 16.9 Å². The molecule has 0 bridgehead atoms. The van der Waals surface area contributed by atoms with Gasteiger partial charge in [0.05, 0.1) is 19.0 Å². The van der Waals surface area contributed by atoms with Crippen molar-refractivity contribution in [2.75, 3.05) is 20.2 Å². The lowest BCUT2D eigenvalue weighted by atomic mass is 9.92. The van der Waals surface area contributed by atoms with Crippen LogP contribution >= 0.6 is 0 Å². The summed E-state index contributed by atoms with van der Waals surface area (Å²) < 4.78 is 5.37. The first-order valence-corrected chi connectivity index (χ1v) is 10.2. The Labute approximate surface area is 177 Å². The zero-order chi connectivity index (χ0) is 21.1. The molecule has 4 rings (SSSR count). The number of ether oxygens (including phenoxy) is 1. The number of aromatic nitrogens is 3. The highest BCUT2D eigenvalue weighted by molar-refractivity contribution is 5.92. The van der Waals surface area contributed by atoms with E-state index in [4.69, 9.17) is 9.72 Å². The van der Waals surface area contributed by atoms with Crippen molar-refractivity contribution in [3.05, 3.63) is 71.6 Å². The van der Waals surface area contributed by atoms with E-state index in [9.17, 15) is 4.79 Å². The molecule has 6 nitrogen and oxygen atoms in total. The Kier molecular flexibility index (Phi) is 5.74. The standard InChI is InChI=1S/C24H26N4O2/c1-16-10-20(18-6-4-8-21(11-18)30-3)12-22(27-16)19-7-5-9-28(15-19)24(29)23-14-25-17(2)13-26-23/h4,6,8,10-14,19H,5,7,9,15H2,1-3H3/t19-/m1/s1. The average molecular weight is 402 g/mol. The fourth-order valence-corrected chi connectivity index (χ4v) is 3.94. The summed E-state index contributed by atoms with van der Waals surface area (Å²) >= 11 is 0. The van der Waals surface area contributed by atoms with Crippen LogP contribution in [0.5, 0.6) is 5.75 Å². The third-order valence-electron chi connectivity index (χ3n) is 5.50. The Morgan fingerprint density at radius 3 is 2.70 bits per heavy atom. The maximum atomic E-state index is 12.9. The van der Waals surface area contributed by atoms with E-state index in [-0.39, 0.29) is 11.8 Å². The van der Waals surface area contributed by atoms with Crippen molar-refractivity contribution in [3.63, 3.8) is 0 Å². The van der Waals surface area contributed by atoms with E-state index in [2.05, 4.69) is 28.2 Å². The van der Waals surface area contributed by atoms with Crippen molar-refractivity contribution in [1.82, 2.24) is 19.9 Å². The van der Waals surface area contributed by atoms with Gasteiger partial charge in [0.2, 0.25) is 0 Å². The highest BCUT2D eigenvalue weighted by Crippen LogP contribution is 2.31. The van der Waals surface area contributed by atoms with Gasteiger partial charge in [-0.2, -0.15) is 0 Å². The fraction of sp³-hybridized carbons (Fsp3) is 0.333. The van der Waals surface area contributed by atoms with E-state index in [0.717, 1.165) is 53.3 Å². The highest BCUT2D eigenvalue weighted by atomic mass is 16.5. The quantitative estimate of drug-likeness (QED) is 0.655. The Bertz CT molecular complexity index is 1050. The van der Waals surface area contributed by atoms with Gasteiger partial charge in [0.1, 0.15) is 11.4 Å². The number of benzene rings is 1. The van der Waals surface area contributed by atoms with Crippen LogP contribution in [0.4, 0.5) is 0 Å². The Morgan fingerprint density at radius 1 is 1.07 bits per heavy atom. The lowest BCUT2D eigenvalue weighted by molar-refractivity contribution is 0.0699. The minimum absolute atomic E-state index is 0.0622. The molecule has 1 atom stereocenters. The van der Waals surface area contributed by atoms with Crippen molar-refractivity contribution in [2.45, 2.75) is 32.6 Å². The number of methoxy groups -OCH3 is 1. The maximum Gasteiger partial charge on any atom is 0.274 e. The number of piperidine rings is 1. The second-order valence-electron chi connectivity index (χ2n) is 7.79. The summed E-state index contributed by atoms with van der Waals surface area (Å²) in [4.78, 5) is 28.1. The molecular formula is C24H26N4O2. The van der Waals surface area contributed by atoms with Crippen LogP contribution in [0.1, 0.15) is 46.3 Å². The zero-order valence-corrected chi connectivity index (χ0v) is 17.6. The third kappa shape index (κ3) is 4.32. The van der Waals surface area contributed by atoms with Gasteiger partial charge in [-0.25, -0.2) is 4.98 Å². The van der Waals surface area contributed by atoms with Crippen LogP contribution in [0.15, 0.2) is 48.8 Å². The van der Waals surface area contributed by atoms with Gasteiger partial charge in [-0.1, -0.05) is 12.1 Å². The van der Waals surface area contributed by atoms with Crippen molar-refractivity contribution in [2.24, 2.45) is 0 Å². The van der Waals surface area contributed by atoms with Crippen LogP contribution in [0.3, 0.4) is 0 Å². The topological polar surface area (TPSA) is 68.2 Å². The minimum Gasteiger partial charge on any atom is -0.497 e. The van der Waals surface area contributed by atoms with E-state index in [1.165, 1.54) is 0 Å². The van der Waals surface area contributed by atoms with Crippen LogP contribution in [0, 0.1) is 13.8 Å². The number of rotatable bonds is 4. The van der Waals surface area contributed by atoms with Crippen LogP contribution < -0.4 is 4.74 Å². The summed E-state index contributed by atoms with van der Waals surface area (Å²) in [5, 5.41) is 0. The second-order valence-corrected chi connectivity index (χ2v) is 7.79. The van der Waals surface area contributed by atoms with Gasteiger partial charge >= 0.3 is 0 Å². The number of carbonyl (C=O) groups excluding carboxylic acids is 1. The van der Waals surface area contributed by atoms with E-state index in [1.54, 1.807) is 19.5 Å². The van der Waals surface area contributed by atoms with E-state index in [0.29, 0.717) is 12.2 Å². The van der Waals surface area contributed by atoms with Crippen molar-refractivity contribution in [1.29, 1.82) is 0 Å².